The van der Waals surface area contributed by atoms with E-state index in [1.165, 1.54) is 15.8 Å². The summed E-state index contributed by atoms with van der Waals surface area (Å²) in [5.74, 6) is -0.765. The van der Waals surface area contributed by atoms with Gasteiger partial charge in [0.15, 0.2) is 0 Å². The molecule has 0 aliphatic rings. The molecule has 0 unspecified atom stereocenters. The Labute approximate surface area is 180 Å². The molecule has 10 heteroatoms. The minimum Gasteiger partial charge on any atom is -0.329 e. The van der Waals surface area contributed by atoms with E-state index in [1.54, 1.807) is 39.1 Å². The van der Waals surface area contributed by atoms with E-state index in [2.05, 4.69) is 10.3 Å². The molecular formula is C19H18Cl2N4O3S. The molecule has 152 valence electrons. The van der Waals surface area contributed by atoms with Gasteiger partial charge in [0.05, 0.1) is 32.3 Å². The highest BCUT2D eigenvalue weighted by Gasteiger charge is 2.24. The van der Waals surface area contributed by atoms with Gasteiger partial charge in [0, 0.05) is 13.6 Å². The van der Waals surface area contributed by atoms with E-state index in [1.807, 2.05) is 0 Å². The molecule has 0 spiro atoms. The summed E-state index contributed by atoms with van der Waals surface area (Å²) in [5, 5.41) is 3.69. The number of fused-ring (bicyclic) bond motifs is 1. The maximum atomic E-state index is 13.1. The summed E-state index contributed by atoms with van der Waals surface area (Å²) in [6.45, 7) is 3.61. The van der Waals surface area contributed by atoms with Crippen molar-refractivity contribution in [3.05, 3.63) is 55.4 Å². The first-order valence-corrected chi connectivity index (χ1v) is 10.3. The summed E-state index contributed by atoms with van der Waals surface area (Å²) in [6, 6.07) is 4.89. The first-order chi connectivity index (χ1) is 13.7. The quantitative estimate of drug-likeness (QED) is 0.639. The minimum absolute atomic E-state index is 0.185. The van der Waals surface area contributed by atoms with E-state index in [9.17, 15) is 14.4 Å². The van der Waals surface area contributed by atoms with E-state index in [0.717, 1.165) is 11.3 Å². The number of thiophene rings is 1. The van der Waals surface area contributed by atoms with Gasteiger partial charge in [-0.2, -0.15) is 0 Å². The standard InChI is InChI=1S/C19H18Cl2N4O3S/c1-4-25(8-13(26)23-15-11(20)6-5-7-12(15)21)19(28)16-10(2)14-17(29-16)22-9-24(3)18(14)27/h5-7,9H,4,8H2,1-3H3,(H,23,26). The number of rotatable bonds is 5. The Bertz CT molecular complexity index is 1150. The second kappa shape index (κ2) is 8.52. The average molecular weight is 453 g/mol. The first-order valence-electron chi connectivity index (χ1n) is 8.72. The van der Waals surface area contributed by atoms with E-state index in [-0.39, 0.29) is 18.0 Å². The van der Waals surface area contributed by atoms with Crippen LogP contribution in [0.1, 0.15) is 22.2 Å². The maximum Gasteiger partial charge on any atom is 0.264 e. The van der Waals surface area contributed by atoms with Gasteiger partial charge in [-0.05, 0) is 31.5 Å². The Morgan fingerprint density at radius 3 is 2.55 bits per heavy atom. The molecule has 3 aromatic rings. The number of carbonyl (C=O) groups excluding carboxylic acids is 2. The van der Waals surface area contributed by atoms with Crippen LogP contribution >= 0.6 is 34.5 Å². The second-order valence-corrected chi connectivity index (χ2v) is 8.17. The third kappa shape index (κ3) is 4.14. The van der Waals surface area contributed by atoms with Crippen molar-refractivity contribution >= 4 is 62.3 Å². The van der Waals surface area contributed by atoms with Gasteiger partial charge in [-0.25, -0.2) is 4.98 Å². The van der Waals surface area contributed by atoms with Crippen LogP contribution in [0.2, 0.25) is 10.0 Å². The first kappa shape index (κ1) is 21.3. The number of aryl methyl sites for hydroxylation is 2. The topological polar surface area (TPSA) is 84.3 Å². The van der Waals surface area contributed by atoms with Crippen LogP contribution in [0.15, 0.2) is 29.3 Å². The fourth-order valence-electron chi connectivity index (χ4n) is 2.85. The molecule has 0 fully saturated rings. The number of nitrogens with zero attached hydrogens (tertiary/aromatic N) is 3. The zero-order valence-electron chi connectivity index (χ0n) is 16.0. The lowest BCUT2D eigenvalue weighted by Gasteiger charge is -2.20. The summed E-state index contributed by atoms with van der Waals surface area (Å²) < 4.78 is 1.37. The molecule has 0 atom stereocenters. The van der Waals surface area contributed by atoms with Crippen molar-refractivity contribution in [2.75, 3.05) is 18.4 Å². The third-order valence-electron chi connectivity index (χ3n) is 4.44. The molecule has 29 heavy (non-hydrogen) atoms. The Hall–Kier alpha value is -2.42. The number of halogens is 2. The van der Waals surface area contributed by atoms with Gasteiger partial charge < -0.3 is 14.8 Å². The molecule has 0 aliphatic heterocycles. The number of hydrogen-bond acceptors (Lipinski definition) is 5. The van der Waals surface area contributed by atoms with Crippen molar-refractivity contribution < 1.29 is 9.59 Å². The van der Waals surface area contributed by atoms with Gasteiger partial charge in [-0.1, -0.05) is 29.3 Å². The maximum absolute atomic E-state index is 13.1. The van der Waals surface area contributed by atoms with E-state index in [4.69, 9.17) is 23.2 Å². The monoisotopic (exact) mass is 452 g/mol. The van der Waals surface area contributed by atoms with Crippen LogP contribution in [-0.2, 0) is 11.8 Å². The molecule has 3 rings (SSSR count). The summed E-state index contributed by atoms with van der Waals surface area (Å²) in [7, 11) is 1.61. The Morgan fingerprint density at radius 1 is 1.28 bits per heavy atom. The smallest absolute Gasteiger partial charge is 0.264 e. The van der Waals surface area contributed by atoms with Crippen LogP contribution in [-0.4, -0.2) is 39.4 Å². The number of carbonyl (C=O) groups is 2. The van der Waals surface area contributed by atoms with Crippen molar-refractivity contribution in [1.29, 1.82) is 0 Å². The fraction of sp³-hybridized carbons (Fsp3) is 0.263. The van der Waals surface area contributed by atoms with Crippen molar-refractivity contribution in [3.8, 4) is 0 Å². The number of likely N-dealkylation sites (N-methyl/N-ethyl adjacent to an activating group) is 1. The average Bonchev–Trinajstić information content (AvgIpc) is 3.02. The summed E-state index contributed by atoms with van der Waals surface area (Å²) >= 11 is 13.3. The number of nitrogens with one attached hydrogen (secondary N) is 1. The van der Waals surface area contributed by atoms with Crippen molar-refractivity contribution in [3.63, 3.8) is 0 Å². The van der Waals surface area contributed by atoms with E-state index in [0.29, 0.717) is 42.9 Å². The van der Waals surface area contributed by atoms with Crippen LogP contribution < -0.4 is 10.9 Å². The van der Waals surface area contributed by atoms with Gasteiger partial charge in [-0.15, -0.1) is 11.3 Å². The lowest BCUT2D eigenvalue weighted by molar-refractivity contribution is -0.116. The minimum atomic E-state index is -0.428. The molecule has 0 bridgehead atoms. The number of benzene rings is 1. The van der Waals surface area contributed by atoms with Crippen molar-refractivity contribution in [2.24, 2.45) is 7.05 Å². The lowest BCUT2D eigenvalue weighted by Crippen LogP contribution is -2.37. The van der Waals surface area contributed by atoms with Gasteiger partial charge in [0.2, 0.25) is 5.91 Å². The lowest BCUT2D eigenvalue weighted by atomic mass is 10.2. The normalized spacial score (nSPS) is 10.9. The number of aromatic nitrogens is 2. The molecular weight excluding hydrogens is 435 g/mol. The molecule has 0 saturated heterocycles. The number of anilines is 1. The number of para-hydroxylation sites is 1. The predicted molar refractivity (Wildman–Crippen MR) is 116 cm³/mol. The Balaban J connectivity index is 1.85. The van der Waals surface area contributed by atoms with Gasteiger partial charge in [-0.3, -0.25) is 14.4 Å². The van der Waals surface area contributed by atoms with Crippen LogP contribution in [0.25, 0.3) is 10.2 Å². The van der Waals surface area contributed by atoms with Crippen LogP contribution in [0.3, 0.4) is 0 Å². The zero-order chi connectivity index (χ0) is 21.3. The molecule has 0 saturated carbocycles. The fourth-order valence-corrected chi connectivity index (χ4v) is 4.45. The highest BCUT2D eigenvalue weighted by molar-refractivity contribution is 7.20. The van der Waals surface area contributed by atoms with Gasteiger partial charge >= 0.3 is 0 Å². The summed E-state index contributed by atoms with van der Waals surface area (Å²) in [4.78, 5) is 44.4. The zero-order valence-corrected chi connectivity index (χ0v) is 18.3. The SMILES string of the molecule is CCN(CC(=O)Nc1c(Cl)cccc1Cl)C(=O)c1sc2ncn(C)c(=O)c2c1C. The highest BCUT2D eigenvalue weighted by Crippen LogP contribution is 2.30. The largest absolute Gasteiger partial charge is 0.329 e. The van der Waals surface area contributed by atoms with Crippen LogP contribution in [0.4, 0.5) is 5.69 Å². The molecule has 0 radical (unpaired) electrons. The summed E-state index contributed by atoms with van der Waals surface area (Å²) in [6.07, 6.45) is 1.42. The molecule has 2 amide bonds. The molecule has 1 N–H and O–H groups in total. The van der Waals surface area contributed by atoms with Gasteiger partial charge in [0.1, 0.15) is 11.4 Å². The molecule has 7 nitrogen and oxygen atoms in total. The molecule has 0 aliphatic carbocycles. The van der Waals surface area contributed by atoms with Crippen molar-refractivity contribution in [2.45, 2.75) is 13.8 Å². The predicted octanol–water partition coefficient (Wildman–Crippen LogP) is 3.71. The highest BCUT2D eigenvalue weighted by atomic mass is 35.5. The molecule has 1 aromatic carbocycles. The van der Waals surface area contributed by atoms with Crippen LogP contribution in [0.5, 0.6) is 0 Å². The second-order valence-electron chi connectivity index (χ2n) is 6.36. The Kier molecular flexibility index (Phi) is 6.26. The third-order valence-corrected chi connectivity index (χ3v) is 6.25. The van der Waals surface area contributed by atoms with E-state index < -0.39 is 5.91 Å². The number of amides is 2. The van der Waals surface area contributed by atoms with E-state index >= 15 is 0 Å². The molecule has 2 aromatic heterocycles. The van der Waals surface area contributed by atoms with Crippen molar-refractivity contribution in [1.82, 2.24) is 14.5 Å². The van der Waals surface area contributed by atoms with Gasteiger partial charge in [0.25, 0.3) is 11.5 Å². The Morgan fingerprint density at radius 2 is 1.93 bits per heavy atom. The molecule has 2 heterocycles. The summed E-state index contributed by atoms with van der Waals surface area (Å²) in [5.41, 5.74) is 0.656. The number of hydrogen-bond donors (Lipinski definition) is 1. The van der Waals surface area contributed by atoms with Crippen LogP contribution in [0, 0.1) is 6.92 Å².